The molecule has 0 aliphatic carbocycles. The van der Waals surface area contributed by atoms with Crippen molar-refractivity contribution in [2.24, 2.45) is 0 Å². The normalized spacial score (nSPS) is 64.4. The van der Waals surface area contributed by atoms with Gasteiger partial charge in [0.25, 0.3) is 0 Å². The monoisotopic (exact) mass is 204 g/mol. The summed E-state index contributed by atoms with van der Waals surface area (Å²) in [6, 6.07) is -5.67. The third-order valence-corrected chi connectivity index (χ3v) is 2.33. The van der Waals surface area contributed by atoms with Gasteiger partial charge in [-0.15, -0.1) is 0 Å². The molecule has 0 aromatic carbocycles. The number of likely N-dealkylation sites (tertiary alicyclic amines) is 2. The Labute approximate surface area is 99.5 Å². The smallest absolute Gasteiger partial charge is 0.0481 e. The fourth-order valence-electron chi connectivity index (χ4n) is 1.61. The summed E-state index contributed by atoms with van der Waals surface area (Å²) in [4.78, 5) is 1.79. The Hall–Kier alpha value is -0.0800. The third-order valence-electron chi connectivity index (χ3n) is 2.33. The number of hydrogen-bond acceptors (Lipinski definition) is 2. The maximum Gasteiger partial charge on any atom is 0.0481 e. The topological polar surface area (TPSA) is 6.48 Å². The van der Waals surface area contributed by atoms with Crippen molar-refractivity contribution in [2.45, 2.75) is 64.6 Å². The van der Waals surface area contributed by atoms with Crippen LogP contribution in [0.2, 0.25) is 0 Å². The van der Waals surface area contributed by atoms with Gasteiger partial charge in [-0.1, -0.05) is 0 Å². The van der Waals surface area contributed by atoms with Gasteiger partial charge in [0.05, 0.1) is 0 Å². The summed E-state index contributed by atoms with van der Waals surface area (Å²) in [6.07, 6.45) is -2.72. The summed E-state index contributed by atoms with van der Waals surface area (Å²) in [5.74, 6) is 0. The molecule has 2 bridgehead atoms. The van der Waals surface area contributed by atoms with E-state index in [-0.39, 0.29) is 0 Å². The lowest BCUT2D eigenvalue weighted by Gasteiger charge is -2.43. The zero-order valence-corrected chi connectivity index (χ0v) is 9.47. The van der Waals surface area contributed by atoms with Gasteiger partial charge < -0.3 is 0 Å². The SMILES string of the molecule is [2H]C1([2H])N(C(C)(C)C)C2([2H])C([2H])([2H])N(C(C)C)C1([2H])C2([2H])[2H]. The number of nitrogens with zero attached hydrogens (tertiary/aromatic N) is 2. The van der Waals surface area contributed by atoms with Crippen molar-refractivity contribution in [1.29, 1.82) is 0 Å². The van der Waals surface area contributed by atoms with E-state index in [0.717, 1.165) is 9.80 Å². The molecule has 2 fully saturated rings. The molecule has 82 valence electrons. The molecule has 2 nitrogen and oxygen atoms in total. The maximum absolute atomic E-state index is 8.67. The zero-order valence-electron chi connectivity index (χ0n) is 17.5. The van der Waals surface area contributed by atoms with E-state index in [4.69, 9.17) is 11.0 Å². The van der Waals surface area contributed by atoms with Gasteiger partial charge >= 0.3 is 0 Å². The second-order valence-electron chi connectivity index (χ2n) is 5.02. The van der Waals surface area contributed by atoms with Crippen molar-refractivity contribution in [1.82, 2.24) is 9.80 Å². The molecule has 0 amide bonds. The quantitative estimate of drug-likeness (QED) is 0.644. The molecule has 0 spiro atoms. The van der Waals surface area contributed by atoms with Crippen LogP contribution in [0.25, 0.3) is 0 Å². The van der Waals surface area contributed by atoms with Crippen LogP contribution in [0, 0.1) is 0 Å². The first kappa shape index (κ1) is 4.42. The molecule has 2 unspecified atom stereocenters. The highest BCUT2D eigenvalue weighted by molar-refractivity contribution is 5.03. The molecule has 0 N–H and O–H groups in total. The van der Waals surface area contributed by atoms with E-state index in [0.29, 0.717) is 0 Å². The van der Waals surface area contributed by atoms with Crippen molar-refractivity contribution in [3.8, 4) is 0 Å². The number of fused-ring (bicyclic) bond motifs is 2. The lowest BCUT2D eigenvalue weighted by molar-refractivity contribution is 0.0451. The van der Waals surface area contributed by atoms with Crippen LogP contribution in [0.4, 0.5) is 0 Å². The molecule has 2 heteroatoms. The molecule has 2 aliphatic heterocycles. The van der Waals surface area contributed by atoms with Crippen molar-refractivity contribution in [3.05, 3.63) is 0 Å². The summed E-state index contributed by atoms with van der Waals surface area (Å²) < 4.78 is 67.5. The van der Waals surface area contributed by atoms with Gasteiger partial charge in [0.15, 0.2) is 0 Å². The van der Waals surface area contributed by atoms with Gasteiger partial charge in [0.2, 0.25) is 0 Å². The van der Waals surface area contributed by atoms with E-state index in [1.54, 1.807) is 34.6 Å². The van der Waals surface area contributed by atoms with Crippen molar-refractivity contribution in [3.63, 3.8) is 0 Å². The van der Waals surface area contributed by atoms with Gasteiger partial charge in [0.1, 0.15) is 0 Å². The highest BCUT2D eigenvalue weighted by Crippen LogP contribution is 2.36. The molecule has 2 rings (SSSR count). The third kappa shape index (κ3) is 1.59. The fourth-order valence-corrected chi connectivity index (χ4v) is 1.61. The molecule has 2 saturated heterocycles. The van der Waals surface area contributed by atoms with Gasteiger partial charge in [-0.2, -0.15) is 0 Å². The first-order valence-electron chi connectivity index (χ1n) is 9.03. The van der Waals surface area contributed by atoms with Crippen molar-refractivity contribution in [2.75, 3.05) is 13.0 Å². The van der Waals surface area contributed by atoms with Crippen LogP contribution in [0.5, 0.6) is 0 Å². The second-order valence-corrected chi connectivity index (χ2v) is 5.02. The highest BCUT2D eigenvalue weighted by atomic mass is 15.4. The molecule has 14 heavy (non-hydrogen) atoms. The Balaban J connectivity index is 2.89. The lowest BCUT2D eigenvalue weighted by atomic mass is 10.0. The molecule has 2 heterocycles. The fraction of sp³-hybridized carbons (Fsp3) is 1.00. The van der Waals surface area contributed by atoms with Crippen LogP contribution in [-0.4, -0.2) is 46.4 Å². The average molecular weight is 204 g/mol. The van der Waals surface area contributed by atoms with Crippen LogP contribution >= 0.6 is 0 Å². The largest absolute Gasteiger partial charge is 0.295 e. The van der Waals surface area contributed by atoms with Crippen LogP contribution < -0.4 is 0 Å². The van der Waals surface area contributed by atoms with Crippen molar-refractivity contribution < 1.29 is 11.0 Å². The Morgan fingerprint density at radius 2 is 1.93 bits per heavy atom. The van der Waals surface area contributed by atoms with Gasteiger partial charge in [-0.25, -0.2) is 0 Å². The summed E-state index contributed by atoms with van der Waals surface area (Å²) >= 11 is 0. The molecule has 2 atom stereocenters. The van der Waals surface area contributed by atoms with E-state index in [1.165, 1.54) is 0 Å². The minimum absolute atomic E-state index is 0.619. The summed E-state index contributed by atoms with van der Waals surface area (Å²) in [5.41, 5.74) is -1.02. The molecule has 0 radical (unpaired) electrons. The van der Waals surface area contributed by atoms with Gasteiger partial charge in [0, 0.05) is 47.6 Å². The Morgan fingerprint density at radius 1 is 1.29 bits per heavy atom. The number of hydrogen-bond donors (Lipinski definition) is 0. The Kier molecular flexibility index (Phi) is 1.01. The first-order chi connectivity index (χ1) is 9.43. The van der Waals surface area contributed by atoms with Crippen LogP contribution in [0.15, 0.2) is 0 Å². The van der Waals surface area contributed by atoms with Gasteiger partial charge in [-0.3, -0.25) is 9.80 Å². The highest BCUT2D eigenvalue weighted by Gasteiger charge is 2.47. The average Bonchev–Trinajstić information content (AvgIpc) is 2.37. The van der Waals surface area contributed by atoms with E-state index >= 15 is 0 Å². The van der Waals surface area contributed by atoms with Crippen LogP contribution in [0.1, 0.15) is 52.0 Å². The van der Waals surface area contributed by atoms with E-state index in [1.807, 2.05) is 0 Å². The summed E-state index contributed by atoms with van der Waals surface area (Å²) in [7, 11) is 0. The standard InChI is InChI=1S/C12H24N2/c1-9(2)13-7-11-6-10(13)8-14(11)12(3,4)5/h9-11H,6-8H2,1-5H3/i6D2,7D2,8D2,10D,11D. The molecular weight excluding hydrogens is 172 g/mol. The summed E-state index contributed by atoms with van der Waals surface area (Å²) in [5, 5.41) is 0. The molecular formula is C12H24N2. The zero-order chi connectivity index (χ0) is 17.7. The minimum atomic E-state index is -2.72. The molecule has 2 aliphatic rings. The first-order valence-corrected chi connectivity index (χ1v) is 5.03. The second kappa shape index (κ2) is 3.21. The summed E-state index contributed by atoms with van der Waals surface area (Å²) in [6.45, 7) is 2.97. The van der Waals surface area contributed by atoms with Crippen molar-refractivity contribution >= 4 is 0 Å². The minimum Gasteiger partial charge on any atom is -0.295 e. The van der Waals surface area contributed by atoms with Crippen LogP contribution in [-0.2, 0) is 0 Å². The van der Waals surface area contributed by atoms with E-state index in [2.05, 4.69) is 0 Å². The Morgan fingerprint density at radius 3 is 2.43 bits per heavy atom. The maximum atomic E-state index is 8.67. The molecule has 0 saturated carbocycles. The number of piperazine rings is 1. The Bertz CT molecular complexity index is 500. The predicted octanol–water partition coefficient (Wildman–Crippen LogP) is 1.95. The number of rotatable bonds is 1. The molecule has 0 aromatic rings. The van der Waals surface area contributed by atoms with E-state index < -0.39 is 43.0 Å². The van der Waals surface area contributed by atoms with Gasteiger partial charge in [-0.05, 0) is 41.0 Å². The molecule has 0 aromatic heterocycles. The van der Waals surface area contributed by atoms with E-state index in [9.17, 15) is 0 Å². The lowest BCUT2D eigenvalue weighted by Crippen LogP contribution is -2.54. The van der Waals surface area contributed by atoms with Crippen LogP contribution in [0.3, 0.4) is 0 Å². The predicted molar refractivity (Wildman–Crippen MR) is 60.5 cm³/mol.